The zero-order valence-corrected chi connectivity index (χ0v) is 12.9. The van der Waals surface area contributed by atoms with Crippen molar-refractivity contribution < 1.29 is 18.7 Å². The zero-order valence-electron chi connectivity index (χ0n) is 12.9. The highest BCUT2D eigenvalue weighted by molar-refractivity contribution is 6.00. The van der Waals surface area contributed by atoms with E-state index < -0.39 is 11.7 Å². The van der Waals surface area contributed by atoms with E-state index in [1.807, 2.05) is 6.92 Å². The minimum Gasteiger partial charge on any atom is -0.496 e. The van der Waals surface area contributed by atoms with Crippen molar-refractivity contribution >= 4 is 22.7 Å². The van der Waals surface area contributed by atoms with Crippen LogP contribution in [0.4, 0.5) is 4.39 Å². The molecule has 0 saturated carbocycles. The van der Waals surface area contributed by atoms with Crippen LogP contribution in [0.15, 0.2) is 18.2 Å². The molecule has 0 unspecified atom stereocenters. The summed E-state index contributed by atoms with van der Waals surface area (Å²) in [5.74, 6) is -0.997. The van der Waals surface area contributed by atoms with Gasteiger partial charge in [-0.1, -0.05) is 6.92 Å². The third-order valence-electron chi connectivity index (χ3n) is 4.42. The van der Waals surface area contributed by atoms with Gasteiger partial charge in [-0.2, -0.15) is 0 Å². The van der Waals surface area contributed by atoms with Crippen LogP contribution in [0.2, 0.25) is 0 Å². The van der Waals surface area contributed by atoms with Crippen LogP contribution >= 0.6 is 0 Å². The van der Waals surface area contributed by atoms with Crippen molar-refractivity contribution in [2.45, 2.75) is 6.92 Å². The molecule has 6 nitrogen and oxygen atoms in total. The Bertz CT molecular complexity index is 786. The molecule has 1 aromatic heterocycles. The van der Waals surface area contributed by atoms with Gasteiger partial charge in [-0.3, -0.25) is 9.59 Å². The van der Waals surface area contributed by atoms with Crippen molar-refractivity contribution in [1.82, 2.24) is 9.88 Å². The molecule has 0 radical (unpaired) electrons. The number of fused-ring (bicyclic) bond motifs is 1. The van der Waals surface area contributed by atoms with Gasteiger partial charge in [0.05, 0.1) is 18.5 Å². The lowest BCUT2D eigenvalue weighted by atomic mass is 9.98. The molecule has 2 heterocycles. The number of benzene rings is 1. The zero-order chi connectivity index (χ0) is 16.7. The van der Waals surface area contributed by atoms with E-state index in [9.17, 15) is 14.0 Å². The molecular formula is C16H18FN3O3. The highest BCUT2D eigenvalue weighted by Gasteiger charge is 2.36. The van der Waals surface area contributed by atoms with Crippen LogP contribution in [0.25, 0.3) is 10.9 Å². The largest absolute Gasteiger partial charge is 0.496 e. The molecule has 1 aromatic carbocycles. The third kappa shape index (κ3) is 2.52. The van der Waals surface area contributed by atoms with E-state index >= 15 is 0 Å². The minimum absolute atomic E-state index is 0.00657. The highest BCUT2D eigenvalue weighted by Crippen LogP contribution is 2.30. The predicted molar refractivity (Wildman–Crippen MR) is 82.6 cm³/mol. The molecule has 1 saturated heterocycles. The van der Waals surface area contributed by atoms with Gasteiger partial charge in [0.2, 0.25) is 5.91 Å². The van der Waals surface area contributed by atoms with Gasteiger partial charge >= 0.3 is 0 Å². The SMILES string of the molecule is COc1ccc(F)c2[nH]c(C(=O)N3C[C@@H](C)[C@H](C(N)=O)C3)cc12. The van der Waals surface area contributed by atoms with Gasteiger partial charge in [0, 0.05) is 18.5 Å². The Hall–Kier alpha value is -2.57. The first-order chi connectivity index (χ1) is 10.9. The van der Waals surface area contributed by atoms with Gasteiger partial charge in [-0.05, 0) is 24.1 Å². The molecule has 23 heavy (non-hydrogen) atoms. The number of nitrogens with one attached hydrogen (secondary N) is 1. The molecule has 0 spiro atoms. The summed E-state index contributed by atoms with van der Waals surface area (Å²) >= 11 is 0. The van der Waals surface area contributed by atoms with Crippen LogP contribution in [0.3, 0.4) is 0 Å². The van der Waals surface area contributed by atoms with Gasteiger partial charge in [-0.15, -0.1) is 0 Å². The van der Waals surface area contributed by atoms with Gasteiger partial charge in [0.15, 0.2) is 0 Å². The maximum atomic E-state index is 13.9. The number of amides is 2. The number of nitrogens with zero attached hydrogens (tertiary/aromatic N) is 1. The number of rotatable bonds is 3. The smallest absolute Gasteiger partial charge is 0.270 e. The molecule has 2 atom stereocenters. The Morgan fingerprint density at radius 2 is 2.13 bits per heavy atom. The molecule has 3 N–H and O–H groups in total. The Morgan fingerprint density at radius 1 is 1.39 bits per heavy atom. The number of aromatic nitrogens is 1. The number of carbonyl (C=O) groups excluding carboxylic acids is 2. The Balaban J connectivity index is 1.93. The molecule has 2 amide bonds. The molecule has 1 aliphatic heterocycles. The number of aromatic amines is 1. The molecular weight excluding hydrogens is 301 g/mol. The third-order valence-corrected chi connectivity index (χ3v) is 4.42. The first-order valence-corrected chi connectivity index (χ1v) is 7.36. The number of nitrogens with two attached hydrogens (primary N) is 1. The summed E-state index contributed by atoms with van der Waals surface area (Å²) in [7, 11) is 1.49. The number of halogens is 1. The van der Waals surface area contributed by atoms with Gasteiger partial charge < -0.3 is 20.4 Å². The summed E-state index contributed by atoms with van der Waals surface area (Å²) in [5.41, 5.74) is 5.85. The molecule has 1 fully saturated rings. The molecule has 122 valence electrons. The van der Waals surface area contributed by atoms with Crippen LogP contribution in [-0.4, -0.2) is 41.9 Å². The fraction of sp³-hybridized carbons (Fsp3) is 0.375. The van der Waals surface area contributed by atoms with Crippen LogP contribution in [0.5, 0.6) is 5.75 Å². The molecule has 0 aliphatic carbocycles. The van der Waals surface area contributed by atoms with Crippen LogP contribution in [0.1, 0.15) is 17.4 Å². The molecule has 0 bridgehead atoms. The highest BCUT2D eigenvalue weighted by atomic mass is 19.1. The van der Waals surface area contributed by atoms with Gasteiger partial charge in [0.1, 0.15) is 17.3 Å². The lowest BCUT2D eigenvalue weighted by Crippen LogP contribution is -2.32. The van der Waals surface area contributed by atoms with Crippen molar-refractivity contribution in [3.05, 3.63) is 29.7 Å². The van der Waals surface area contributed by atoms with E-state index in [0.717, 1.165) is 0 Å². The first kappa shape index (κ1) is 15.3. The lowest BCUT2D eigenvalue weighted by molar-refractivity contribution is -0.122. The maximum Gasteiger partial charge on any atom is 0.270 e. The molecule has 3 rings (SSSR count). The average Bonchev–Trinajstić information content (AvgIpc) is 3.11. The summed E-state index contributed by atoms with van der Waals surface area (Å²) in [4.78, 5) is 28.4. The minimum atomic E-state index is -0.454. The van der Waals surface area contributed by atoms with E-state index in [1.165, 1.54) is 19.2 Å². The monoisotopic (exact) mass is 319 g/mol. The summed E-state index contributed by atoms with van der Waals surface area (Å²) in [5, 5.41) is 0.509. The van der Waals surface area contributed by atoms with Crippen LogP contribution in [0, 0.1) is 17.7 Å². The van der Waals surface area contributed by atoms with E-state index in [-0.39, 0.29) is 35.5 Å². The number of likely N-dealkylation sites (tertiary alicyclic amines) is 1. The number of primary amides is 1. The topological polar surface area (TPSA) is 88.4 Å². The standard InChI is InChI=1S/C16H18FN3O3/c1-8-6-20(7-10(8)15(18)21)16(22)12-5-9-13(23-2)4-3-11(17)14(9)19-12/h3-5,8,10,19H,6-7H2,1-2H3,(H2,18,21)/t8-,10-/m1/s1. The second-order valence-electron chi connectivity index (χ2n) is 5.92. The Morgan fingerprint density at radius 3 is 2.74 bits per heavy atom. The maximum absolute atomic E-state index is 13.9. The van der Waals surface area contributed by atoms with Gasteiger partial charge in [0.25, 0.3) is 5.91 Å². The summed E-state index contributed by atoms with van der Waals surface area (Å²) < 4.78 is 19.1. The van der Waals surface area contributed by atoms with Crippen molar-refractivity contribution in [3.63, 3.8) is 0 Å². The second kappa shape index (κ2) is 5.57. The predicted octanol–water partition coefficient (Wildman–Crippen LogP) is 1.51. The van der Waals surface area contributed by atoms with E-state index in [4.69, 9.17) is 10.5 Å². The molecule has 2 aromatic rings. The number of hydrogen-bond acceptors (Lipinski definition) is 3. The summed E-state index contributed by atoms with van der Waals surface area (Å²) in [6.45, 7) is 2.61. The Labute approximate surface area is 132 Å². The molecule has 7 heteroatoms. The van der Waals surface area contributed by atoms with Crippen molar-refractivity contribution in [2.75, 3.05) is 20.2 Å². The Kier molecular flexibility index (Phi) is 3.71. The van der Waals surface area contributed by atoms with Crippen LogP contribution < -0.4 is 10.5 Å². The van der Waals surface area contributed by atoms with E-state index in [2.05, 4.69) is 4.98 Å². The number of ether oxygens (including phenoxy) is 1. The normalized spacial score (nSPS) is 20.9. The van der Waals surface area contributed by atoms with Crippen LogP contribution in [-0.2, 0) is 4.79 Å². The lowest BCUT2D eigenvalue weighted by Gasteiger charge is -2.14. The summed E-state index contributed by atoms with van der Waals surface area (Å²) in [6.07, 6.45) is 0. The van der Waals surface area contributed by atoms with Gasteiger partial charge in [-0.25, -0.2) is 4.39 Å². The van der Waals surface area contributed by atoms with Crippen molar-refractivity contribution in [1.29, 1.82) is 0 Å². The fourth-order valence-electron chi connectivity index (χ4n) is 3.13. The average molecular weight is 319 g/mol. The van der Waals surface area contributed by atoms with E-state index in [0.29, 0.717) is 17.7 Å². The first-order valence-electron chi connectivity index (χ1n) is 7.36. The fourth-order valence-corrected chi connectivity index (χ4v) is 3.13. The van der Waals surface area contributed by atoms with E-state index in [1.54, 1.807) is 11.0 Å². The van der Waals surface area contributed by atoms with Crippen molar-refractivity contribution in [3.8, 4) is 5.75 Å². The number of hydrogen-bond donors (Lipinski definition) is 2. The quantitative estimate of drug-likeness (QED) is 0.899. The molecule has 1 aliphatic rings. The second-order valence-corrected chi connectivity index (χ2v) is 5.92. The summed E-state index contributed by atoms with van der Waals surface area (Å²) in [6, 6.07) is 4.37. The number of carbonyl (C=O) groups is 2. The number of H-pyrrole nitrogens is 1. The van der Waals surface area contributed by atoms with Crippen molar-refractivity contribution in [2.24, 2.45) is 17.6 Å². The number of methoxy groups -OCH3 is 1.